The third kappa shape index (κ3) is 3.51. The van der Waals surface area contributed by atoms with Gasteiger partial charge in [0.15, 0.2) is 5.78 Å². The van der Waals surface area contributed by atoms with Crippen molar-refractivity contribution >= 4 is 33.8 Å². The number of rotatable bonds is 5. The molecule has 130 valence electrons. The number of halogens is 1. The Morgan fingerprint density at radius 1 is 1.12 bits per heavy atom. The fraction of sp³-hybridized carbons (Fsp3) is 0.200. The summed E-state index contributed by atoms with van der Waals surface area (Å²) < 4.78 is 3.63. The number of aromatic nitrogens is 2. The molecule has 0 radical (unpaired) electrons. The first kappa shape index (κ1) is 18.9. The maximum Gasteiger partial charge on any atom is 0.203 e. The Hall–Kier alpha value is -2.40. The quantitative estimate of drug-likeness (QED) is 0.507. The number of nitrogens with zero attached hydrogens (tertiary/aromatic N) is 2. The number of hydrogen-bond acceptors (Lipinski definition) is 2. The lowest BCUT2D eigenvalue weighted by molar-refractivity contribution is 0.0970. The number of ketones is 1. The number of carbonyl (C=O) groups excluding carboxylic acids is 1. The second kappa shape index (κ2) is 7.66. The van der Waals surface area contributed by atoms with E-state index >= 15 is 0 Å². The molecule has 1 aromatic heterocycles. The van der Waals surface area contributed by atoms with E-state index in [1.807, 2.05) is 60.9 Å². The maximum absolute atomic E-state index is 12.8. The van der Waals surface area contributed by atoms with Crippen molar-refractivity contribution in [2.45, 2.75) is 26.9 Å². The topological polar surface area (TPSA) is 50.8 Å². The first-order valence-electron chi connectivity index (χ1n) is 7.97. The lowest BCUT2D eigenvalue weighted by Crippen LogP contribution is -2.27. The smallest absolute Gasteiger partial charge is 0.203 e. The molecule has 2 aromatic carbocycles. The molecular weight excluding hydrogens is 378 g/mol. The SMILES string of the molecule is Br.C=CCn1c(=N)n(CC(=O)c2cc(C)ccc2C)c2ccccc21. The predicted molar refractivity (Wildman–Crippen MR) is 107 cm³/mol. The Bertz CT molecular complexity index is 998. The van der Waals surface area contributed by atoms with Gasteiger partial charge in [-0.3, -0.25) is 10.2 Å². The van der Waals surface area contributed by atoms with Crippen molar-refractivity contribution in [2.75, 3.05) is 0 Å². The maximum atomic E-state index is 12.8. The first-order valence-corrected chi connectivity index (χ1v) is 7.97. The van der Waals surface area contributed by atoms with Crippen LogP contribution in [0.15, 0.2) is 55.1 Å². The van der Waals surface area contributed by atoms with Gasteiger partial charge in [-0.05, 0) is 37.6 Å². The van der Waals surface area contributed by atoms with Crippen molar-refractivity contribution in [1.29, 1.82) is 5.41 Å². The highest BCUT2D eigenvalue weighted by molar-refractivity contribution is 8.93. The van der Waals surface area contributed by atoms with Crippen molar-refractivity contribution in [3.8, 4) is 0 Å². The van der Waals surface area contributed by atoms with E-state index in [2.05, 4.69) is 6.58 Å². The van der Waals surface area contributed by atoms with Crippen LogP contribution in [0.5, 0.6) is 0 Å². The molecule has 0 aliphatic carbocycles. The van der Waals surface area contributed by atoms with E-state index in [0.29, 0.717) is 12.2 Å². The molecule has 0 atom stereocenters. The highest BCUT2D eigenvalue weighted by Gasteiger charge is 2.15. The Balaban J connectivity index is 0.00000225. The molecule has 0 bridgehead atoms. The molecule has 4 nitrogen and oxygen atoms in total. The van der Waals surface area contributed by atoms with Gasteiger partial charge in [-0.25, -0.2) is 0 Å². The summed E-state index contributed by atoms with van der Waals surface area (Å²) in [5.41, 5.74) is 4.90. The first-order chi connectivity index (χ1) is 11.5. The van der Waals surface area contributed by atoms with Gasteiger partial charge in [0.2, 0.25) is 5.62 Å². The number of nitrogens with one attached hydrogen (secondary N) is 1. The Morgan fingerprint density at radius 3 is 2.40 bits per heavy atom. The van der Waals surface area contributed by atoms with Crippen LogP contribution in [0.2, 0.25) is 0 Å². The van der Waals surface area contributed by atoms with Crippen LogP contribution < -0.4 is 5.62 Å². The van der Waals surface area contributed by atoms with Crippen LogP contribution in [0.4, 0.5) is 0 Å². The van der Waals surface area contributed by atoms with Crippen LogP contribution in [-0.2, 0) is 13.1 Å². The summed E-state index contributed by atoms with van der Waals surface area (Å²) in [4.78, 5) is 12.8. The second-order valence-corrected chi connectivity index (χ2v) is 6.04. The molecule has 0 saturated heterocycles. The van der Waals surface area contributed by atoms with E-state index < -0.39 is 0 Å². The zero-order valence-electron chi connectivity index (χ0n) is 14.5. The molecule has 0 amide bonds. The summed E-state index contributed by atoms with van der Waals surface area (Å²) in [6, 6.07) is 13.7. The van der Waals surface area contributed by atoms with Crippen molar-refractivity contribution in [2.24, 2.45) is 0 Å². The van der Waals surface area contributed by atoms with Crippen molar-refractivity contribution in [1.82, 2.24) is 9.13 Å². The van der Waals surface area contributed by atoms with E-state index in [-0.39, 0.29) is 29.3 Å². The van der Waals surface area contributed by atoms with Gasteiger partial charge >= 0.3 is 0 Å². The molecule has 3 rings (SSSR count). The van der Waals surface area contributed by atoms with Crippen LogP contribution in [0.3, 0.4) is 0 Å². The highest BCUT2D eigenvalue weighted by Crippen LogP contribution is 2.16. The van der Waals surface area contributed by atoms with E-state index in [9.17, 15) is 4.79 Å². The Kier molecular flexibility index (Phi) is 5.80. The number of Topliss-reactive ketones (excluding diaryl/α,β-unsaturated/α-hetero) is 1. The minimum Gasteiger partial charge on any atom is -0.307 e. The van der Waals surface area contributed by atoms with Crippen LogP contribution in [0, 0.1) is 19.3 Å². The van der Waals surface area contributed by atoms with Gasteiger partial charge in [-0.2, -0.15) is 0 Å². The Morgan fingerprint density at radius 2 is 1.76 bits per heavy atom. The molecule has 0 unspecified atom stereocenters. The fourth-order valence-electron chi connectivity index (χ4n) is 3.03. The normalized spacial score (nSPS) is 10.5. The minimum absolute atomic E-state index is 0. The largest absolute Gasteiger partial charge is 0.307 e. The van der Waals surface area contributed by atoms with Gasteiger partial charge in [0.1, 0.15) is 0 Å². The van der Waals surface area contributed by atoms with Crippen LogP contribution in [-0.4, -0.2) is 14.9 Å². The summed E-state index contributed by atoms with van der Waals surface area (Å²) in [6.07, 6.45) is 1.77. The minimum atomic E-state index is 0. The average Bonchev–Trinajstić information content (AvgIpc) is 2.83. The fourth-order valence-corrected chi connectivity index (χ4v) is 3.03. The van der Waals surface area contributed by atoms with Crippen molar-refractivity contribution in [3.63, 3.8) is 0 Å². The second-order valence-electron chi connectivity index (χ2n) is 6.04. The summed E-state index contributed by atoms with van der Waals surface area (Å²) in [5.74, 6) is 0.0243. The van der Waals surface area contributed by atoms with Gasteiger partial charge in [0, 0.05) is 12.1 Å². The summed E-state index contributed by atoms with van der Waals surface area (Å²) >= 11 is 0. The van der Waals surface area contributed by atoms with Crippen LogP contribution >= 0.6 is 17.0 Å². The Labute approximate surface area is 157 Å². The van der Waals surface area contributed by atoms with E-state index in [4.69, 9.17) is 5.41 Å². The molecule has 3 aromatic rings. The number of allylic oxidation sites excluding steroid dienone is 1. The number of hydrogen-bond donors (Lipinski definition) is 1. The number of imidazole rings is 1. The summed E-state index contributed by atoms with van der Waals surface area (Å²) in [7, 11) is 0. The monoisotopic (exact) mass is 399 g/mol. The average molecular weight is 400 g/mol. The van der Waals surface area contributed by atoms with E-state index in [1.165, 1.54) is 0 Å². The zero-order chi connectivity index (χ0) is 17.3. The molecule has 25 heavy (non-hydrogen) atoms. The number of benzene rings is 2. The van der Waals surface area contributed by atoms with Gasteiger partial charge in [-0.15, -0.1) is 23.6 Å². The molecule has 0 aliphatic heterocycles. The van der Waals surface area contributed by atoms with Gasteiger partial charge in [0.25, 0.3) is 0 Å². The lowest BCUT2D eigenvalue weighted by Gasteiger charge is -2.08. The number of carbonyl (C=O) groups is 1. The van der Waals surface area contributed by atoms with Crippen molar-refractivity contribution < 1.29 is 4.79 Å². The number of fused-ring (bicyclic) bond motifs is 1. The van der Waals surface area contributed by atoms with E-state index in [1.54, 1.807) is 10.6 Å². The molecule has 5 heteroatoms. The third-order valence-electron chi connectivity index (χ3n) is 4.28. The molecule has 1 heterocycles. The number of para-hydroxylation sites is 2. The predicted octanol–water partition coefficient (Wildman–Crippen LogP) is 4.19. The van der Waals surface area contributed by atoms with Crippen molar-refractivity contribution in [3.05, 3.63) is 77.4 Å². The van der Waals surface area contributed by atoms with Gasteiger partial charge in [0.05, 0.1) is 17.6 Å². The highest BCUT2D eigenvalue weighted by atomic mass is 79.9. The number of aryl methyl sites for hydroxylation is 2. The van der Waals surface area contributed by atoms with Crippen LogP contribution in [0.1, 0.15) is 21.5 Å². The summed E-state index contributed by atoms with van der Waals surface area (Å²) in [5, 5.41) is 8.46. The molecule has 0 saturated carbocycles. The molecule has 1 N–H and O–H groups in total. The lowest BCUT2D eigenvalue weighted by atomic mass is 10.0. The van der Waals surface area contributed by atoms with Crippen LogP contribution in [0.25, 0.3) is 11.0 Å². The molecule has 0 fully saturated rings. The summed E-state index contributed by atoms with van der Waals surface area (Å²) in [6.45, 7) is 8.39. The molecule has 0 spiro atoms. The van der Waals surface area contributed by atoms with E-state index in [0.717, 1.165) is 27.7 Å². The molecule has 0 aliphatic rings. The van der Waals surface area contributed by atoms with Gasteiger partial charge in [-0.1, -0.05) is 35.9 Å². The standard InChI is InChI=1S/C20H21N3O.BrH/c1-4-11-22-17-7-5-6-8-18(17)23(20(22)21)13-19(24)16-12-14(2)9-10-15(16)3;/h4-10,12,21H,1,11,13H2,2-3H3;1H. The molecular formula is C20H22BrN3O. The van der Waals surface area contributed by atoms with Gasteiger partial charge < -0.3 is 9.13 Å². The zero-order valence-corrected chi connectivity index (χ0v) is 16.2. The third-order valence-corrected chi connectivity index (χ3v) is 4.28.